The summed E-state index contributed by atoms with van der Waals surface area (Å²) in [5.41, 5.74) is 3.29. The number of sulfonamides is 1. The maximum atomic E-state index is 13.5. The second kappa shape index (κ2) is 8.45. The monoisotopic (exact) mass is 474 g/mol. The van der Waals surface area contributed by atoms with Gasteiger partial charge in [0, 0.05) is 29.1 Å². The summed E-state index contributed by atoms with van der Waals surface area (Å²) >= 11 is 6.18. The zero-order valence-electron chi connectivity index (χ0n) is 18.7. The fourth-order valence-electron chi connectivity index (χ4n) is 4.22. The minimum Gasteiger partial charge on any atom is -0.449 e. The van der Waals surface area contributed by atoms with Crippen LogP contribution < -0.4 is 4.72 Å². The fraction of sp³-hybridized carbons (Fsp3) is 0.375. The third-order valence-corrected chi connectivity index (χ3v) is 8.24. The van der Waals surface area contributed by atoms with Crippen molar-refractivity contribution in [3.05, 3.63) is 57.3 Å². The van der Waals surface area contributed by atoms with Crippen LogP contribution in [0, 0.1) is 27.7 Å². The van der Waals surface area contributed by atoms with Crippen molar-refractivity contribution in [2.45, 2.75) is 51.9 Å². The molecule has 1 saturated heterocycles. The van der Waals surface area contributed by atoms with Crippen molar-refractivity contribution in [1.82, 2.24) is 4.90 Å². The molecule has 0 unspecified atom stereocenters. The van der Waals surface area contributed by atoms with Gasteiger partial charge in [-0.25, -0.2) is 8.42 Å². The predicted octanol–water partition coefficient (Wildman–Crippen LogP) is 5.75. The summed E-state index contributed by atoms with van der Waals surface area (Å²) in [6, 6.07) is 6.96. The molecular weight excluding hydrogens is 448 g/mol. The number of nitrogens with zero attached hydrogens (tertiary/aromatic N) is 1. The number of nitrogens with one attached hydrogen (secondary N) is 1. The summed E-state index contributed by atoms with van der Waals surface area (Å²) in [5, 5.41) is 1.11. The summed E-state index contributed by atoms with van der Waals surface area (Å²) in [7, 11) is -4.01. The number of hydrogen-bond donors (Lipinski definition) is 1. The van der Waals surface area contributed by atoms with Crippen molar-refractivity contribution in [3.8, 4) is 0 Å². The van der Waals surface area contributed by atoms with Crippen molar-refractivity contribution < 1.29 is 17.6 Å². The molecule has 1 N–H and O–H groups in total. The molecule has 2 aromatic carbocycles. The van der Waals surface area contributed by atoms with E-state index in [0.29, 0.717) is 45.9 Å². The van der Waals surface area contributed by atoms with Crippen molar-refractivity contribution >= 4 is 44.2 Å². The van der Waals surface area contributed by atoms with Crippen LogP contribution in [0.5, 0.6) is 0 Å². The molecular formula is C24H27ClN2O4S. The van der Waals surface area contributed by atoms with E-state index < -0.39 is 10.0 Å². The lowest BCUT2D eigenvalue weighted by Gasteiger charge is -2.25. The molecule has 1 aliphatic heterocycles. The van der Waals surface area contributed by atoms with Gasteiger partial charge in [0.05, 0.1) is 5.69 Å². The van der Waals surface area contributed by atoms with E-state index in [9.17, 15) is 13.2 Å². The summed E-state index contributed by atoms with van der Waals surface area (Å²) in [4.78, 5) is 15.0. The van der Waals surface area contributed by atoms with Crippen LogP contribution in [-0.4, -0.2) is 32.3 Å². The molecule has 4 rings (SSSR count). The van der Waals surface area contributed by atoms with Crippen molar-refractivity contribution in [3.63, 3.8) is 0 Å². The van der Waals surface area contributed by atoms with Gasteiger partial charge in [-0.1, -0.05) is 17.7 Å². The molecule has 0 saturated carbocycles. The molecule has 0 spiro atoms. The smallest absolute Gasteiger partial charge is 0.289 e. The Morgan fingerprint density at radius 1 is 1.03 bits per heavy atom. The number of aryl methyl sites for hydroxylation is 2. The molecule has 3 aromatic rings. The SMILES string of the molecule is Cc1cc2c(C)c(C(=O)N3CCCCC3)oc2c(S(=O)(=O)Nc2cccc(Cl)c2C)c1C. The number of rotatable bonds is 4. The van der Waals surface area contributed by atoms with Gasteiger partial charge in [0.2, 0.25) is 0 Å². The van der Waals surface area contributed by atoms with E-state index in [1.54, 1.807) is 36.9 Å². The van der Waals surface area contributed by atoms with Gasteiger partial charge in [0.15, 0.2) is 11.3 Å². The van der Waals surface area contributed by atoms with Gasteiger partial charge in [-0.15, -0.1) is 0 Å². The number of hydrogen-bond acceptors (Lipinski definition) is 4. The van der Waals surface area contributed by atoms with E-state index in [4.69, 9.17) is 16.0 Å². The number of fused-ring (bicyclic) bond motifs is 1. The van der Waals surface area contributed by atoms with Gasteiger partial charge >= 0.3 is 0 Å². The van der Waals surface area contributed by atoms with Crippen molar-refractivity contribution in [2.75, 3.05) is 17.8 Å². The van der Waals surface area contributed by atoms with Gasteiger partial charge in [-0.2, -0.15) is 0 Å². The maximum absolute atomic E-state index is 13.5. The molecule has 0 atom stereocenters. The highest BCUT2D eigenvalue weighted by Crippen LogP contribution is 2.37. The number of carbonyl (C=O) groups is 1. The quantitative estimate of drug-likeness (QED) is 0.522. The number of furan rings is 1. The second-order valence-corrected chi connectivity index (χ2v) is 10.5. The fourth-order valence-corrected chi connectivity index (χ4v) is 5.97. The molecule has 1 aromatic heterocycles. The zero-order chi connectivity index (χ0) is 23.2. The Balaban J connectivity index is 1.86. The van der Waals surface area contributed by atoms with Crippen LogP contribution >= 0.6 is 11.6 Å². The average Bonchev–Trinajstić information content (AvgIpc) is 3.07. The van der Waals surface area contributed by atoms with E-state index in [1.807, 2.05) is 19.9 Å². The van der Waals surface area contributed by atoms with Crippen LogP contribution in [0.1, 0.15) is 52.1 Å². The average molecular weight is 475 g/mol. The van der Waals surface area contributed by atoms with E-state index >= 15 is 0 Å². The molecule has 1 fully saturated rings. The molecule has 2 heterocycles. The van der Waals surface area contributed by atoms with Crippen LogP contribution in [0.25, 0.3) is 11.0 Å². The lowest BCUT2D eigenvalue weighted by Crippen LogP contribution is -2.35. The van der Waals surface area contributed by atoms with Gasteiger partial charge in [-0.05, 0) is 81.8 Å². The molecule has 32 heavy (non-hydrogen) atoms. The predicted molar refractivity (Wildman–Crippen MR) is 127 cm³/mol. The van der Waals surface area contributed by atoms with E-state index in [-0.39, 0.29) is 22.1 Å². The van der Waals surface area contributed by atoms with Crippen LogP contribution in [-0.2, 0) is 10.0 Å². The molecule has 1 aliphatic rings. The highest BCUT2D eigenvalue weighted by molar-refractivity contribution is 7.93. The Bertz CT molecular complexity index is 1320. The normalized spacial score (nSPS) is 14.7. The molecule has 0 radical (unpaired) electrons. The number of halogens is 1. The molecule has 170 valence electrons. The van der Waals surface area contributed by atoms with Crippen molar-refractivity contribution in [2.24, 2.45) is 0 Å². The molecule has 6 nitrogen and oxygen atoms in total. The first-order valence-corrected chi connectivity index (χ1v) is 12.6. The molecule has 1 amide bonds. The Morgan fingerprint density at radius 3 is 2.41 bits per heavy atom. The number of carbonyl (C=O) groups excluding carboxylic acids is 1. The van der Waals surface area contributed by atoms with Crippen LogP contribution in [0.4, 0.5) is 5.69 Å². The first-order valence-electron chi connectivity index (χ1n) is 10.7. The Hall–Kier alpha value is -2.51. The minimum atomic E-state index is -4.01. The molecule has 0 bridgehead atoms. The largest absolute Gasteiger partial charge is 0.449 e. The zero-order valence-corrected chi connectivity index (χ0v) is 20.3. The van der Waals surface area contributed by atoms with Crippen molar-refractivity contribution in [1.29, 1.82) is 0 Å². The van der Waals surface area contributed by atoms with Gasteiger partial charge in [0.1, 0.15) is 4.90 Å². The maximum Gasteiger partial charge on any atom is 0.289 e. The van der Waals surface area contributed by atoms with E-state index in [2.05, 4.69) is 4.72 Å². The highest BCUT2D eigenvalue weighted by atomic mass is 35.5. The first kappa shape index (κ1) is 22.7. The highest BCUT2D eigenvalue weighted by Gasteiger charge is 2.30. The van der Waals surface area contributed by atoms with E-state index in [0.717, 1.165) is 24.8 Å². The van der Waals surface area contributed by atoms with Gasteiger partial charge in [0.25, 0.3) is 15.9 Å². The standard InChI is InChI=1S/C24H27ClN2O4S/c1-14-13-18-16(3)21(24(28)27-11-6-5-7-12-27)31-22(18)23(15(14)2)32(29,30)26-20-10-8-9-19(25)17(20)4/h8-10,13,26H,5-7,11-12H2,1-4H3. The number of anilines is 1. The van der Waals surface area contributed by atoms with Gasteiger partial charge < -0.3 is 9.32 Å². The van der Waals surface area contributed by atoms with Crippen LogP contribution in [0.3, 0.4) is 0 Å². The molecule has 0 aliphatic carbocycles. The topological polar surface area (TPSA) is 79.6 Å². The van der Waals surface area contributed by atoms with Crippen LogP contribution in [0.15, 0.2) is 33.6 Å². The number of piperidine rings is 1. The Kier molecular flexibility index (Phi) is 5.98. The third kappa shape index (κ3) is 3.88. The molecule has 8 heteroatoms. The Labute approximate surface area is 193 Å². The minimum absolute atomic E-state index is 0.0488. The number of benzene rings is 2. The van der Waals surface area contributed by atoms with Gasteiger partial charge in [-0.3, -0.25) is 9.52 Å². The summed E-state index contributed by atoms with van der Waals surface area (Å²) in [5.74, 6) is 0.0259. The number of likely N-dealkylation sites (tertiary alicyclic amines) is 1. The Morgan fingerprint density at radius 2 is 1.72 bits per heavy atom. The lowest BCUT2D eigenvalue weighted by atomic mass is 10.0. The summed E-state index contributed by atoms with van der Waals surface area (Å²) in [6.07, 6.45) is 3.04. The lowest BCUT2D eigenvalue weighted by molar-refractivity contribution is 0.0693. The second-order valence-electron chi connectivity index (χ2n) is 8.45. The summed E-state index contributed by atoms with van der Waals surface area (Å²) in [6.45, 7) is 8.55. The van der Waals surface area contributed by atoms with E-state index in [1.165, 1.54) is 0 Å². The number of amides is 1. The first-order chi connectivity index (χ1) is 15.1. The van der Waals surface area contributed by atoms with Crippen LogP contribution in [0.2, 0.25) is 5.02 Å². The third-order valence-electron chi connectivity index (χ3n) is 6.31. The summed E-state index contributed by atoms with van der Waals surface area (Å²) < 4.78 is 35.7.